The van der Waals surface area contributed by atoms with E-state index >= 15 is 0 Å². The molecular formula is C13H15N3O. The van der Waals surface area contributed by atoms with Crippen LogP contribution in [0.15, 0.2) is 36.7 Å². The average Bonchev–Trinajstić information content (AvgIpc) is 2.98. The summed E-state index contributed by atoms with van der Waals surface area (Å²) in [6.45, 7) is 3.01. The largest absolute Gasteiger partial charge is 0.370 e. The van der Waals surface area contributed by atoms with Crippen molar-refractivity contribution in [2.45, 2.75) is 19.4 Å². The lowest BCUT2D eigenvalue weighted by Gasteiger charge is -2.15. The van der Waals surface area contributed by atoms with E-state index in [4.69, 9.17) is 4.74 Å². The number of para-hydroxylation sites is 1. The third-order valence-corrected chi connectivity index (χ3v) is 3.25. The molecule has 0 N–H and O–H groups in total. The molecule has 2 atom stereocenters. The summed E-state index contributed by atoms with van der Waals surface area (Å²) in [6.07, 6.45) is 2.91. The Kier molecular flexibility index (Phi) is 2.65. The van der Waals surface area contributed by atoms with Crippen molar-refractivity contribution in [2.75, 3.05) is 6.61 Å². The van der Waals surface area contributed by atoms with Gasteiger partial charge in [-0.2, -0.15) is 0 Å². The van der Waals surface area contributed by atoms with Gasteiger partial charge < -0.3 is 4.74 Å². The maximum absolute atomic E-state index is 5.75. The van der Waals surface area contributed by atoms with Crippen molar-refractivity contribution in [2.24, 2.45) is 5.92 Å². The van der Waals surface area contributed by atoms with E-state index in [0.717, 1.165) is 24.5 Å². The Morgan fingerprint density at radius 3 is 2.82 bits per heavy atom. The molecule has 88 valence electrons. The minimum absolute atomic E-state index is 0.0673. The van der Waals surface area contributed by atoms with Gasteiger partial charge in [-0.1, -0.05) is 25.1 Å². The molecule has 1 fully saturated rings. The fourth-order valence-electron chi connectivity index (χ4n) is 2.25. The summed E-state index contributed by atoms with van der Waals surface area (Å²) in [5.41, 5.74) is 1.08. The van der Waals surface area contributed by atoms with Crippen molar-refractivity contribution >= 4 is 0 Å². The summed E-state index contributed by atoms with van der Waals surface area (Å²) < 4.78 is 7.75. The lowest BCUT2D eigenvalue weighted by molar-refractivity contribution is 0.0858. The molecule has 4 heteroatoms. The standard InChI is InChI=1S/C13H15N3O/c1-10-7-8-17-12(10)13-15-14-9-16(13)11-5-3-2-4-6-11/h2-6,9-10,12H,7-8H2,1H3. The molecular weight excluding hydrogens is 214 g/mol. The fraction of sp³-hybridized carbons (Fsp3) is 0.385. The van der Waals surface area contributed by atoms with Gasteiger partial charge >= 0.3 is 0 Å². The molecule has 1 aromatic carbocycles. The van der Waals surface area contributed by atoms with Gasteiger partial charge in [0.25, 0.3) is 0 Å². The summed E-state index contributed by atoms with van der Waals surface area (Å²) in [7, 11) is 0. The van der Waals surface area contributed by atoms with E-state index in [9.17, 15) is 0 Å². The first-order valence-electron chi connectivity index (χ1n) is 5.93. The lowest BCUT2D eigenvalue weighted by atomic mass is 10.0. The summed E-state index contributed by atoms with van der Waals surface area (Å²) >= 11 is 0. The van der Waals surface area contributed by atoms with E-state index in [1.807, 2.05) is 34.9 Å². The van der Waals surface area contributed by atoms with Crippen LogP contribution < -0.4 is 0 Å². The summed E-state index contributed by atoms with van der Waals surface area (Å²) in [6, 6.07) is 10.1. The number of hydrogen-bond acceptors (Lipinski definition) is 3. The highest BCUT2D eigenvalue weighted by atomic mass is 16.5. The Balaban J connectivity index is 2.00. The highest BCUT2D eigenvalue weighted by molar-refractivity contribution is 5.32. The molecule has 1 saturated heterocycles. The second-order valence-corrected chi connectivity index (χ2v) is 4.45. The van der Waals surface area contributed by atoms with E-state index in [2.05, 4.69) is 17.1 Å². The van der Waals surface area contributed by atoms with Crippen molar-refractivity contribution in [1.82, 2.24) is 14.8 Å². The molecule has 2 unspecified atom stereocenters. The van der Waals surface area contributed by atoms with E-state index in [1.54, 1.807) is 6.33 Å². The highest BCUT2D eigenvalue weighted by Crippen LogP contribution is 2.33. The third-order valence-electron chi connectivity index (χ3n) is 3.25. The Morgan fingerprint density at radius 1 is 1.29 bits per heavy atom. The normalized spacial score (nSPS) is 24.1. The van der Waals surface area contributed by atoms with Crippen LogP contribution in [0.4, 0.5) is 0 Å². The van der Waals surface area contributed by atoms with E-state index in [0.29, 0.717) is 5.92 Å². The van der Waals surface area contributed by atoms with E-state index in [-0.39, 0.29) is 6.10 Å². The first kappa shape index (κ1) is 10.5. The van der Waals surface area contributed by atoms with E-state index < -0.39 is 0 Å². The van der Waals surface area contributed by atoms with Gasteiger partial charge in [-0.05, 0) is 24.5 Å². The molecule has 0 radical (unpaired) electrons. The van der Waals surface area contributed by atoms with Crippen molar-refractivity contribution < 1.29 is 4.74 Å². The minimum atomic E-state index is 0.0673. The van der Waals surface area contributed by atoms with Gasteiger partial charge in [-0.15, -0.1) is 10.2 Å². The first-order chi connectivity index (χ1) is 8.36. The van der Waals surface area contributed by atoms with Crippen LogP contribution in [0.1, 0.15) is 25.3 Å². The molecule has 2 heterocycles. The number of hydrogen-bond donors (Lipinski definition) is 0. The number of rotatable bonds is 2. The minimum Gasteiger partial charge on any atom is -0.370 e. The van der Waals surface area contributed by atoms with Crippen LogP contribution in [-0.2, 0) is 4.74 Å². The predicted octanol–water partition coefficient (Wildman–Crippen LogP) is 2.36. The molecule has 3 rings (SSSR count). The molecule has 1 aliphatic rings. The van der Waals surface area contributed by atoms with Crippen molar-refractivity contribution in [3.8, 4) is 5.69 Å². The second kappa shape index (κ2) is 4.30. The van der Waals surface area contributed by atoms with Crippen LogP contribution >= 0.6 is 0 Å². The quantitative estimate of drug-likeness (QED) is 0.793. The summed E-state index contributed by atoms with van der Waals surface area (Å²) in [5, 5.41) is 8.22. The van der Waals surface area contributed by atoms with Crippen LogP contribution in [0.5, 0.6) is 0 Å². The van der Waals surface area contributed by atoms with Crippen molar-refractivity contribution in [3.63, 3.8) is 0 Å². The van der Waals surface area contributed by atoms with Crippen LogP contribution in [0.2, 0.25) is 0 Å². The molecule has 0 spiro atoms. The van der Waals surface area contributed by atoms with Gasteiger partial charge in [0.05, 0.1) is 0 Å². The third kappa shape index (κ3) is 1.85. The number of ether oxygens (including phenoxy) is 1. The Bertz CT molecular complexity index is 494. The maximum atomic E-state index is 5.75. The molecule has 1 aromatic heterocycles. The van der Waals surface area contributed by atoms with Gasteiger partial charge in [0.1, 0.15) is 12.4 Å². The maximum Gasteiger partial charge on any atom is 0.166 e. The Labute approximate surface area is 100 Å². The molecule has 0 saturated carbocycles. The zero-order valence-corrected chi connectivity index (χ0v) is 9.78. The zero-order valence-electron chi connectivity index (χ0n) is 9.78. The highest BCUT2D eigenvalue weighted by Gasteiger charge is 2.30. The monoisotopic (exact) mass is 229 g/mol. The van der Waals surface area contributed by atoms with Gasteiger partial charge in [0.15, 0.2) is 5.82 Å². The molecule has 0 amide bonds. The molecule has 0 bridgehead atoms. The molecule has 4 nitrogen and oxygen atoms in total. The van der Waals surface area contributed by atoms with Crippen LogP contribution in [0.25, 0.3) is 5.69 Å². The number of nitrogens with zero attached hydrogens (tertiary/aromatic N) is 3. The SMILES string of the molecule is CC1CCOC1c1nncn1-c1ccccc1. The Morgan fingerprint density at radius 2 is 2.12 bits per heavy atom. The predicted molar refractivity (Wildman–Crippen MR) is 63.8 cm³/mol. The van der Waals surface area contributed by atoms with Crippen LogP contribution in [0, 0.1) is 5.92 Å². The summed E-state index contributed by atoms with van der Waals surface area (Å²) in [4.78, 5) is 0. The molecule has 0 aliphatic carbocycles. The van der Waals surface area contributed by atoms with Crippen molar-refractivity contribution in [1.29, 1.82) is 0 Å². The molecule has 17 heavy (non-hydrogen) atoms. The molecule has 2 aromatic rings. The van der Waals surface area contributed by atoms with Gasteiger partial charge in [0.2, 0.25) is 0 Å². The fourth-order valence-corrected chi connectivity index (χ4v) is 2.25. The van der Waals surface area contributed by atoms with E-state index in [1.165, 1.54) is 0 Å². The molecule has 1 aliphatic heterocycles. The van der Waals surface area contributed by atoms with Crippen molar-refractivity contribution in [3.05, 3.63) is 42.5 Å². The van der Waals surface area contributed by atoms with Gasteiger partial charge in [-0.25, -0.2) is 0 Å². The smallest absolute Gasteiger partial charge is 0.166 e. The van der Waals surface area contributed by atoms with Crippen LogP contribution in [0.3, 0.4) is 0 Å². The first-order valence-corrected chi connectivity index (χ1v) is 5.93. The van der Waals surface area contributed by atoms with Gasteiger partial charge in [-0.3, -0.25) is 4.57 Å². The zero-order chi connectivity index (χ0) is 11.7. The number of benzene rings is 1. The average molecular weight is 229 g/mol. The summed E-state index contributed by atoms with van der Waals surface area (Å²) in [5.74, 6) is 1.41. The van der Waals surface area contributed by atoms with Crippen LogP contribution in [-0.4, -0.2) is 21.4 Å². The number of aromatic nitrogens is 3. The lowest BCUT2D eigenvalue weighted by Crippen LogP contribution is -2.11. The second-order valence-electron chi connectivity index (χ2n) is 4.45. The van der Waals surface area contributed by atoms with Gasteiger partial charge in [0, 0.05) is 12.3 Å². The Hall–Kier alpha value is -1.68. The topological polar surface area (TPSA) is 39.9 Å².